The molecule has 86 valence electrons. The zero-order valence-electron chi connectivity index (χ0n) is 9.55. The van der Waals surface area contributed by atoms with Gasteiger partial charge in [-0.3, -0.25) is 0 Å². The van der Waals surface area contributed by atoms with Gasteiger partial charge in [-0.2, -0.15) is 0 Å². The first-order valence-corrected chi connectivity index (χ1v) is 6.65. The molecule has 2 nitrogen and oxygen atoms in total. The van der Waals surface area contributed by atoms with Gasteiger partial charge in [-0.15, -0.1) is 11.3 Å². The number of rotatable bonds is 1. The van der Waals surface area contributed by atoms with Crippen LogP contribution in [0.15, 0.2) is 54.7 Å². The molecule has 3 heteroatoms. The summed E-state index contributed by atoms with van der Waals surface area (Å²) < 4.78 is 1.24. The van der Waals surface area contributed by atoms with Crippen LogP contribution in [0, 0.1) is 0 Å². The predicted molar refractivity (Wildman–Crippen MR) is 76.9 cm³/mol. The molecule has 0 aliphatic rings. The summed E-state index contributed by atoms with van der Waals surface area (Å²) in [5.74, 6) is 0. The van der Waals surface area contributed by atoms with Gasteiger partial charge in [-0.1, -0.05) is 24.3 Å². The van der Waals surface area contributed by atoms with E-state index in [-0.39, 0.29) is 0 Å². The molecule has 0 aliphatic carbocycles. The number of para-hydroxylation sites is 1. The van der Waals surface area contributed by atoms with Crippen molar-refractivity contribution in [2.24, 2.45) is 0 Å². The van der Waals surface area contributed by atoms with Crippen LogP contribution in [-0.2, 0) is 0 Å². The van der Waals surface area contributed by atoms with Gasteiger partial charge in [0.05, 0.1) is 10.2 Å². The summed E-state index contributed by atoms with van der Waals surface area (Å²) in [5.41, 5.74) is 3.40. The Morgan fingerprint density at radius 3 is 2.89 bits per heavy atom. The van der Waals surface area contributed by atoms with E-state index in [1.165, 1.54) is 15.6 Å². The summed E-state index contributed by atoms with van der Waals surface area (Å²) in [4.78, 5) is 7.92. The third-order valence-electron chi connectivity index (χ3n) is 3.10. The average molecular weight is 250 g/mol. The number of aromatic nitrogens is 2. The summed E-state index contributed by atoms with van der Waals surface area (Å²) in [6.45, 7) is 0. The van der Waals surface area contributed by atoms with Gasteiger partial charge in [0.25, 0.3) is 0 Å². The molecule has 2 heterocycles. The lowest BCUT2D eigenvalue weighted by atomic mass is 10.2. The van der Waals surface area contributed by atoms with Crippen LogP contribution >= 0.6 is 11.3 Å². The van der Waals surface area contributed by atoms with Gasteiger partial charge >= 0.3 is 0 Å². The normalized spacial score (nSPS) is 11.3. The zero-order chi connectivity index (χ0) is 11.9. The summed E-state index contributed by atoms with van der Waals surface area (Å²) in [6.07, 6.45) is 1.97. The van der Waals surface area contributed by atoms with Gasteiger partial charge < -0.3 is 4.98 Å². The Labute approximate surface area is 108 Å². The van der Waals surface area contributed by atoms with E-state index in [0.29, 0.717) is 0 Å². The summed E-state index contributed by atoms with van der Waals surface area (Å²) in [6, 6.07) is 16.8. The molecule has 0 saturated carbocycles. The van der Waals surface area contributed by atoms with Crippen LogP contribution in [0.1, 0.15) is 0 Å². The van der Waals surface area contributed by atoms with E-state index < -0.39 is 0 Å². The number of fused-ring (bicyclic) bond motifs is 2. The molecule has 0 saturated heterocycles. The molecule has 0 unspecified atom stereocenters. The van der Waals surface area contributed by atoms with Crippen molar-refractivity contribution in [1.82, 2.24) is 9.97 Å². The van der Waals surface area contributed by atoms with Crippen LogP contribution in [0.3, 0.4) is 0 Å². The molecule has 2 aromatic heterocycles. The SMILES string of the molecule is c1ccc2sc(-c3ccc4cc[nH]c4c3)nc2c1. The molecule has 18 heavy (non-hydrogen) atoms. The second-order valence-electron chi connectivity index (χ2n) is 4.27. The number of thiazole rings is 1. The second-order valence-corrected chi connectivity index (χ2v) is 5.30. The molecule has 0 spiro atoms. The van der Waals surface area contributed by atoms with E-state index in [0.717, 1.165) is 16.0 Å². The second kappa shape index (κ2) is 3.68. The Bertz CT molecular complexity index is 809. The Kier molecular flexibility index (Phi) is 2.02. The van der Waals surface area contributed by atoms with Gasteiger partial charge in [-0.05, 0) is 29.7 Å². The van der Waals surface area contributed by atoms with Crippen molar-refractivity contribution in [1.29, 1.82) is 0 Å². The van der Waals surface area contributed by atoms with Crippen LogP contribution in [0.5, 0.6) is 0 Å². The molecule has 0 atom stereocenters. The van der Waals surface area contributed by atoms with Gasteiger partial charge in [0.1, 0.15) is 5.01 Å². The fourth-order valence-electron chi connectivity index (χ4n) is 2.18. The van der Waals surface area contributed by atoms with Gasteiger partial charge in [0.15, 0.2) is 0 Å². The molecule has 0 amide bonds. The van der Waals surface area contributed by atoms with E-state index in [2.05, 4.69) is 52.4 Å². The first-order chi connectivity index (χ1) is 8.90. The quantitative estimate of drug-likeness (QED) is 0.531. The van der Waals surface area contributed by atoms with E-state index >= 15 is 0 Å². The smallest absolute Gasteiger partial charge is 0.124 e. The van der Waals surface area contributed by atoms with Gasteiger partial charge in [0.2, 0.25) is 0 Å². The average Bonchev–Trinajstić information content (AvgIpc) is 3.04. The van der Waals surface area contributed by atoms with E-state index in [1.54, 1.807) is 11.3 Å². The van der Waals surface area contributed by atoms with Gasteiger partial charge in [0, 0.05) is 17.3 Å². The number of benzene rings is 2. The Morgan fingerprint density at radius 1 is 1.00 bits per heavy atom. The maximum atomic E-state index is 4.68. The van der Waals surface area contributed by atoms with Crippen LogP contribution in [0.4, 0.5) is 0 Å². The lowest BCUT2D eigenvalue weighted by Crippen LogP contribution is -1.76. The third-order valence-corrected chi connectivity index (χ3v) is 4.18. The Hall–Kier alpha value is -2.13. The monoisotopic (exact) mass is 250 g/mol. The minimum absolute atomic E-state index is 1.07. The molecule has 0 radical (unpaired) electrons. The predicted octanol–water partition coefficient (Wildman–Crippen LogP) is 4.44. The summed E-state index contributed by atoms with van der Waals surface area (Å²) in [7, 11) is 0. The van der Waals surface area contributed by atoms with Gasteiger partial charge in [-0.25, -0.2) is 4.98 Å². The fraction of sp³-hybridized carbons (Fsp3) is 0. The molecule has 1 N–H and O–H groups in total. The third kappa shape index (κ3) is 1.45. The zero-order valence-corrected chi connectivity index (χ0v) is 10.4. The highest BCUT2D eigenvalue weighted by atomic mass is 32.1. The van der Waals surface area contributed by atoms with Crippen molar-refractivity contribution in [3.63, 3.8) is 0 Å². The van der Waals surface area contributed by atoms with Crippen LogP contribution in [-0.4, -0.2) is 9.97 Å². The number of hydrogen-bond acceptors (Lipinski definition) is 2. The van der Waals surface area contributed by atoms with Crippen molar-refractivity contribution >= 4 is 32.5 Å². The first-order valence-electron chi connectivity index (χ1n) is 5.83. The van der Waals surface area contributed by atoms with Crippen molar-refractivity contribution in [3.05, 3.63) is 54.7 Å². The van der Waals surface area contributed by atoms with Crippen LogP contribution in [0.25, 0.3) is 31.7 Å². The van der Waals surface area contributed by atoms with Crippen LogP contribution in [0.2, 0.25) is 0 Å². The molecule has 0 bridgehead atoms. The van der Waals surface area contributed by atoms with E-state index in [4.69, 9.17) is 0 Å². The number of aromatic amines is 1. The summed E-state index contributed by atoms with van der Waals surface area (Å²) in [5, 5.41) is 2.31. The van der Waals surface area contributed by atoms with Crippen molar-refractivity contribution in [2.75, 3.05) is 0 Å². The Morgan fingerprint density at radius 2 is 1.94 bits per heavy atom. The largest absolute Gasteiger partial charge is 0.361 e. The molecule has 4 rings (SSSR count). The molecule has 0 aliphatic heterocycles. The maximum absolute atomic E-state index is 4.68. The highest BCUT2D eigenvalue weighted by Gasteiger charge is 2.06. The number of H-pyrrole nitrogens is 1. The number of nitrogens with zero attached hydrogens (tertiary/aromatic N) is 1. The number of nitrogens with one attached hydrogen (secondary N) is 1. The lowest BCUT2D eigenvalue weighted by molar-refractivity contribution is 1.46. The topological polar surface area (TPSA) is 28.7 Å². The minimum atomic E-state index is 1.07. The van der Waals surface area contributed by atoms with Crippen molar-refractivity contribution in [3.8, 4) is 10.6 Å². The minimum Gasteiger partial charge on any atom is -0.361 e. The maximum Gasteiger partial charge on any atom is 0.124 e. The fourth-order valence-corrected chi connectivity index (χ4v) is 3.14. The molecule has 0 fully saturated rings. The highest BCUT2D eigenvalue weighted by Crippen LogP contribution is 2.31. The lowest BCUT2D eigenvalue weighted by Gasteiger charge is -1.96. The van der Waals surface area contributed by atoms with E-state index in [1.807, 2.05) is 12.3 Å². The Balaban J connectivity index is 1.94. The molecular weight excluding hydrogens is 240 g/mol. The highest BCUT2D eigenvalue weighted by molar-refractivity contribution is 7.21. The van der Waals surface area contributed by atoms with E-state index in [9.17, 15) is 0 Å². The summed E-state index contributed by atoms with van der Waals surface area (Å²) >= 11 is 1.74. The molecular formula is C15H10N2S. The van der Waals surface area contributed by atoms with Crippen molar-refractivity contribution < 1.29 is 0 Å². The molecule has 2 aromatic carbocycles. The number of hydrogen-bond donors (Lipinski definition) is 1. The first kappa shape index (κ1) is 9.85. The molecule has 4 aromatic rings. The van der Waals surface area contributed by atoms with Crippen molar-refractivity contribution in [2.45, 2.75) is 0 Å². The van der Waals surface area contributed by atoms with Crippen LogP contribution < -0.4 is 0 Å². The standard InChI is InChI=1S/C15H10N2S/c1-2-4-14-12(3-1)17-15(18-14)11-6-5-10-7-8-16-13(10)9-11/h1-9,16H.